The van der Waals surface area contributed by atoms with Crippen LogP contribution in [0.4, 0.5) is 5.69 Å². The first kappa shape index (κ1) is 18.0. The van der Waals surface area contributed by atoms with Gasteiger partial charge in [0.2, 0.25) is 0 Å². The van der Waals surface area contributed by atoms with E-state index in [4.69, 9.17) is 11.6 Å². The van der Waals surface area contributed by atoms with Crippen LogP contribution in [0.15, 0.2) is 77.3 Å². The van der Waals surface area contributed by atoms with Gasteiger partial charge in [0.05, 0.1) is 6.61 Å². The number of nitrogens with zero attached hydrogens (tertiary/aromatic N) is 1. The molecule has 0 spiro atoms. The summed E-state index contributed by atoms with van der Waals surface area (Å²) in [6.07, 6.45) is 0. The quantitative estimate of drug-likeness (QED) is 0.549. The van der Waals surface area contributed by atoms with Crippen molar-refractivity contribution in [3.63, 3.8) is 0 Å². The van der Waals surface area contributed by atoms with Gasteiger partial charge in [-0.25, -0.2) is 0 Å². The topological polar surface area (TPSA) is 23.5 Å². The molecule has 0 radical (unpaired) electrons. The number of hydrogen-bond donors (Lipinski definition) is 1. The van der Waals surface area contributed by atoms with E-state index in [-0.39, 0.29) is 6.61 Å². The Kier molecular flexibility index (Phi) is 6.14. The first-order chi connectivity index (χ1) is 12.2. The SMILES string of the molecule is OCc1c(Cl)cc(N(Cc2ccccc2)Cc2ccccc2)cc1Br. The van der Waals surface area contributed by atoms with Crippen LogP contribution < -0.4 is 4.90 Å². The Balaban J connectivity index is 1.95. The number of anilines is 1. The Morgan fingerprint density at radius 2 is 1.36 bits per heavy atom. The van der Waals surface area contributed by atoms with Crippen LogP contribution in [0.25, 0.3) is 0 Å². The fourth-order valence-electron chi connectivity index (χ4n) is 2.77. The maximum atomic E-state index is 9.47. The van der Waals surface area contributed by atoms with Gasteiger partial charge >= 0.3 is 0 Å². The molecule has 3 aromatic rings. The number of aliphatic hydroxyl groups is 1. The highest BCUT2D eigenvalue weighted by Crippen LogP contribution is 2.32. The maximum absolute atomic E-state index is 9.47. The van der Waals surface area contributed by atoms with Crippen LogP contribution in [-0.4, -0.2) is 5.11 Å². The molecule has 1 N–H and O–H groups in total. The molecule has 128 valence electrons. The van der Waals surface area contributed by atoms with Gasteiger partial charge in [-0.05, 0) is 23.3 Å². The monoisotopic (exact) mass is 415 g/mol. The standard InChI is InChI=1S/C21H19BrClNO/c22-20-11-18(12-21(23)19(20)15-25)24(13-16-7-3-1-4-8-16)14-17-9-5-2-6-10-17/h1-12,25H,13-15H2. The third-order valence-corrected chi connectivity index (χ3v) is 5.13. The lowest BCUT2D eigenvalue weighted by Gasteiger charge is -2.26. The zero-order chi connectivity index (χ0) is 17.6. The molecule has 4 heteroatoms. The lowest BCUT2D eigenvalue weighted by atomic mass is 10.1. The minimum atomic E-state index is -0.0862. The van der Waals surface area contributed by atoms with E-state index in [9.17, 15) is 5.11 Å². The largest absolute Gasteiger partial charge is 0.392 e. The molecule has 0 saturated heterocycles. The second-order valence-electron chi connectivity index (χ2n) is 5.87. The van der Waals surface area contributed by atoms with Crippen molar-refractivity contribution in [1.29, 1.82) is 0 Å². The van der Waals surface area contributed by atoms with Crippen molar-refractivity contribution in [2.24, 2.45) is 0 Å². The Morgan fingerprint density at radius 1 is 0.840 bits per heavy atom. The van der Waals surface area contributed by atoms with Crippen molar-refractivity contribution in [3.8, 4) is 0 Å². The van der Waals surface area contributed by atoms with E-state index in [0.29, 0.717) is 10.6 Å². The second kappa shape index (κ2) is 8.52. The predicted octanol–water partition coefficient (Wildman–Crippen LogP) is 5.80. The van der Waals surface area contributed by atoms with Gasteiger partial charge in [0.15, 0.2) is 0 Å². The van der Waals surface area contributed by atoms with E-state index in [0.717, 1.165) is 23.2 Å². The summed E-state index contributed by atoms with van der Waals surface area (Å²) in [5.41, 5.74) is 4.19. The maximum Gasteiger partial charge on any atom is 0.0707 e. The van der Waals surface area contributed by atoms with E-state index in [1.54, 1.807) is 0 Å². The summed E-state index contributed by atoms with van der Waals surface area (Å²) in [6.45, 7) is 1.46. The van der Waals surface area contributed by atoms with Gasteiger partial charge in [-0.15, -0.1) is 0 Å². The van der Waals surface area contributed by atoms with Gasteiger partial charge in [-0.1, -0.05) is 88.2 Å². The van der Waals surface area contributed by atoms with Gasteiger partial charge < -0.3 is 10.0 Å². The van der Waals surface area contributed by atoms with Crippen molar-refractivity contribution in [2.75, 3.05) is 4.90 Å². The number of halogens is 2. The van der Waals surface area contributed by atoms with E-state index in [1.807, 2.05) is 48.5 Å². The third kappa shape index (κ3) is 4.63. The molecule has 0 bridgehead atoms. The average molecular weight is 417 g/mol. The number of hydrogen-bond acceptors (Lipinski definition) is 2. The molecule has 0 aliphatic heterocycles. The summed E-state index contributed by atoms with van der Waals surface area (Å²) >= 11 is 9.89. The van der Waals surface area contributed by atoms with Gasteiger partial charge in [0, 0.05) is 33.8 Å². The Hall–Kier alpha value is -1.81. The summed E-state index contributed by atoms with van der Waals surface area (Å²) < 4.78 is 0.823. The van der Waals surface area contributed by atoms with Crippen LogP contribution in [0.3, 0.4) is 0 Å². The first-order valence-electron chi connectivity index (χ1n) is 8.09. The van der Waals surface area contributed by atoms with Gasteiger partial charge in [0.25, 0.3) is 0 Å². The predicted molar refractivity (Wildman–Crippen MR) is 108 cm³/mol. The van der Waals surface area contributed by atoms with Crippen LogP contribution >= 0.6 is 27.5 Å². The summed E-state index contributed by atoms with van der Waals surface area (Å²) in [6, 6.07) is 24.7. The molecule has 2 nitrogen and oxygen atoms in total. The molecular weight excluding hydrogens is 398 g/mol. The highest BCUT2D eigenvalue weighted by atomic mass is 79.9. The van der Waals surface area contributed by atoms with E-state index >= 15 is 0 Å². The van der Waals surface area contributed by atoms with Crippen molar-refractivity contribution in [2.45, 2.75) is 19.7 Å². The minimum absolute atomic E-state index is 0.0862. The molecule has 0 unspecified atom stereocenters. The Morgan fingerprint density at radius 3 is 1.80 bits per heavy atom. The molecule has 0 aromatic heterocycles. The molecule has 0 amide bonds. The lowest BCUT2D eigenvalue weighted by molar-refractivity contribution is 0.281. The molecule has 0 saturated carbocycles. The molecular formula is C21H19BrClNO. The van der Waals surface area contributed by atoms with Crippen LogP contribution in [0.1, 0.15) is 16.7 Å². The number of benzene rings is 3. The van der Waals surface area contributed by atoms with Gasteiger partial charge in [-0.3, -0.25) is 0 Å². The van der Waals surface area contributed by atoms with E-state index in [2.05, 4.69) is 45.1 Å². The minimum Gasteiger partial charge on any atom is -0.392 e. The van der Waals surface area contributed by atoms with Crippen LogP contribution in [0.5, 0.6) is 0 Å². The third-order valence-electron chi connectivity index (χ3n) is 4.08. The fraction of sp³-hybridized carbons (Fsp3) is 0.143. The smallest absolute Gasteiger partial charge is 0.0707 e. The van der Waals surface area contributed by atoms with Gasteiger partial charge in [0.1, 0.15) is 0 Å². The van der Waals surface area contributed by atoms with E-state index in [1.165, 1.54) is 11.1 Å². The fourth-order valence-corrected chi connectivity index (χ4v) is 3.73. The van der Waals surface area contributed by atoms with Crippen molar-refractivity contribution in [1.82, 2.24) is 0 Å². The summed E-state index contributed by atoms with van der Waals surface area (Å²) in [4.78, 5) is 2.28. The normalized spacial score (nSPS) is 10.7. The summed E-state index contributed by atoms with van der Waals surface area (Å²) in [5.74, 6) is 0. The molecule has 25 heavy (non-hydrogen) atoms. The second-order valence-corrected chi connectivity index (χ2v) is 7.13. The van der Waals surface area contributed by atoms with Crippen LogP contribution in [0, 0.1) is 0 Å². The molecule has 3 aromatic carbocycles. The zero-order valence-corrected chi connectivity index (χ0v) is 16.0. The highest BCUT2D eigenvalue weighted by Gasteiger charge is 2.13. The average Bonchev–Trinajstić information content (AvgIpc) is 2.63. The lowest BCUT2D eigenvalue weighted by Crippen LogP contribution is -2.22. The Labute approximate surface area is 161 Å². The number of aliphatic hydroxyl groups excluding tert-OH is 1. The summed E-state index contributed by atoms with van der Waals surface area (Å²) in [7, 11) is 0. The van der Waals surface area contributed by atoms with Crippen molar-refractivity contribution in [3.05, 3.63) is 99.0 Å². The first-order valence-corrected chi connectivity index (χ1v) is 9.26. The highest BCUT2D eigenvalue weighted by molar-refractivity contribution is 9.10. The van der Waals surface area contributed by atoms with E-state index < -0.39 is 0 Å². The Bertz CT molecular complexity index is 759. The molecule has 0 fully saturated rings. The van der Waals surface area contributed by atoms with Gasteiger partial charge in [-0.2, -0.15) is 0 Å². The number of rotatable bonds is 6. The van der Waals surface area contributed by atoms with Crippen molar-refractivity contribution < 1.29 is 5.11 Å². The van der Waals surface area contributed by atoms with Crippen LogP contribution in [-0.2, 0) is 19.7 Å². The van der Waals surface area contributed by atoms with Crippen LogP contribution in [0.2, 0.25) is 5.02 Å². The molecule has 0 heterocycles. The molecule has 0 atom stereocenters. The van der Waals surface area contributed by atoms with Crippen molar-refractivity contribution >= 4 is 33.2 Å². The molecule has 3 rings (SSSR count). The molecule has 0 aliphatic carbocycles. The zero-order valence-electron chi connectivity index (χ0n) is 13.7. The summed E-state index contributed by atoms with van der Waals surface area (Å²) in [5, 5.41) is 10.0. The molecule has 0 aliphatic rings.